The van der Waals surface area contributed by atoms with Gasteiger partial charge in [-0.25, -0.2) is 0 Å². The van der Waals surface area contributed by atoms with Gasteiger partial charge in [0.25, 0.3) is 0 Å². The molecule has 100 valence electrons. The minimum atomic E-state index is -0.129. The van der Waals surface area contributed by atoms with Gasteiger partial charge in [0, 0.05) is 18.6 Å². The first-order valence-corrected chi connectivity index (χ1v) is 6.62. The maximum absolute atomic E-state index is 11.7. The van der Waals surface area contributed by atoms with Crippen molar-refractivity contribution in [3.63, 3.8) is 0 Å². The fraction of sp³-hybridized carbons (Fsp3) is 0.462. The molecule has 1 aromatic carbocycles. The zero-order valence-corrected chi connectivity index (χ0v) is 11.8. The summed E-state index contributed by atoms with van der Waals surface area (Å²) in [5, 5.41) is 2.69. The number of ether oxygens (including phenoxy) is 2. The van der Waals surface area contributed by atoms with Crippen molar-refractivity contribution in [2.75, 3.05) is 27.4 Å². The van der Waals surface area contributed by atoms with E-state index < -0.39 is 0 Å². The molecule has 0 radical (unpaired) electrons. The average Bonchev–Trinajstić information content (AvgIpc) is 2.39. The Morgan fingerprint density at radius 3 is 2.56 bits per heavy atom. The highest BCUT2D eigenvalue weighted by molar-refractivity contribution is 8.00. The van der Waals surface area contributed by atoms with Crippen molar-refractivity contribution in [3.05, 3.63) is 24.3 Å². The molecule has 0 spiro atoms. The quantitative estimate of drug-likeness (QED) is 0.607. The van der Waals surface area contributed by atoms with Crippen LogP contribution in [0.4, 0.5) is 0 Å². The van der Waals surface area contributed by atoms with Crippen LogP contribution < -0.4 is 10.1 Å². The molecule has 0 aliphatic carbocycles. The zero-order valence-electron chi connectivity index (χ0n) is 10.9. The fourth-order valence-corrected chi connectivity index (χ4v) is 2.22. The van der Waals surface area contributed by atoms with E-state index in [1.807, 2.05) is 31.2 Å². The van der Waals surface area contributed by atoms with E-state index in [0.29, 0.717) is 13.2 Å². The number of benzene rings is 1. The van der Waals surface area contributed by atoms with Crippen molar-refractivity contribution in [2.24, 2.45) is 0 Å². The lowest BCUT2D eigenvalue weighted by Gasteiger charge is -2.12. The van der Waals surface area contributed by atoms with Crippen molar-refractivity contribution in [1.82, 2.24) is 5.32 Å². The van der Waals surface area contributed by atoms with Gasteiger partial charge in [-0.05, 0) is 31.2 Å². The van der Waals surface area contributed by atoms with E-state index in [2.05, 4.69) is 5.32 Å². The molecule has 0 aliphatic heterocycles. The molecule has 0 aromatic heterocycles. The van der Waals surface area contributed by atoms with E-state index in [4.69, 9.17) is 9.47 Å². The van der Waals surface area contributed by atoms with Crippen LogP contribution in [0.5, 0.6) is 5.75 Å². The van der Waals surface area contributed by atoms with E-state index in [-0.39, 0.29) is 11.2 Å². The molecule has 0 aliphatic rings. The van der Waals surface area contributed by atoms with Crippen molar-refractivity contribution < 1.29 is 14.3 Å². The van der Waals surface area contributed by atoms with Crippen LogP contribution in [0.2, 0.25) is 0 Å². The summed E-state index contributed by atoms with van der Waals surface area (Å²) in [4.78, 5) is 12.8. The summed E-state index contributed by atoms with van der Waals surface area (Å²) in [6, 6.07) is 7.67. The number of methoxy groups -OCH3 is 2. The second kappa shape index (κ2) is 8.00. The third-order valence-corrected chi connectivity index (χ3v) is 3.46. The van der Waals surface area contributed by atoms with Crippen molar-refractivity contribution in [2.45, 2.75) is 17.1 Å². The van der Waals surface area contributed by atoms with Gasteiger partial charge in [-0.15, -0.1) is 11.8 Å². The smallest absolute Gasteiger partial charge is 0.233 e. The van der Waals surface area contributed by atoms with Gasteiger partial charge in [0.05, 0.1) is 19.0 Å². The highest BCUT2D eigenvalue weighted by Crippen LogP contribution is 2.25. The number of carbonyl (C=O) groups is 1. The van der Waals surface area contributed by atoms with E-state index in [1.165, 1.54) is 11.8 Å². The summed E-state index contributed by atoms with van der Waals surface area (Å²) in [7, 11) is 3.25. The normalized spacial score (nSPS) is 11.9. The van der Waals surface area contributed by atoms with E-state index in [1.54, 1.807) is 14.2 Å². The summed E-state index contributed by atoms with van der Waals surface area (Å²) in [5.41, 5.74) is 0. The van der Waals surface area contributed by atoms with Crippen LogP contribution >= 0.6 is 11.8 Å². The Bertz CT molecular complexity index is 367. The summed E-state index contributed by atoms with van der Waals surface area (Å²) < 4.78 is 9.96. The predicted octanol–water partition coefficient (Wildman–Crippen LogP) is 1.94. The first kappa shape index (κ1) is 14.9. The first-order valence-electron chi connectivity index (χ1n) is 5.74. The zero-order chi connectivity index (χ0) is 13.4. The molecule has 1 N–H and O–H groups in total. The molecule has 1 rings (SSSR count). The summed E-state index contributed by atoms with van der Waals surface area (Å²) in [6.45, 7) is 2.96. The molecule has 1 atom stereocenters. The number of amides is 1. The summed E-state index contributed by atoms with van der Waals surface area (Å²) >= 11 is 1.52. The Balaban J connectivity index is 2.42. The van der Waals surface area contributed by atoms with Gasteiger partial charge >= 0.3 is 0 Å². The number of carbonyl (C=O) groups excluding carboxylic acids is 1. The highest BCUT2D eigenvalue weighted by Gasteiger charge is 2.13. The molecule has 18 heavy (non-hydrogen) atoms. The summed E-state index contributed by atoms with van der Waals surface area (Å²) in [5.74, 6) is 0.837. The monoisotopic (exact) mass is 269 g/mol. The van der Waals surface area contributed by atoms with Gasteiger partial charge in [-0.3, -0.25) is 4.79 Å². The molecular formula is C13H19NO3S. The Kier molecular flexibility index (Phi) is 6.60. The molecule has 0 fully saturated rings. The van der Waals surface area contributed by atoms with Crippen LogP contribution in [-0.4, -0.2) is 38.5 Å². The van der Waals surface area contributed by atoms with Crippen LogP contribution in [0.15, 0.2) is 29.2 Å². The standard InChI is InChI=1S/C13H19NO3S/c1-10(13(15)14-8-9-16-2)18-12-6-4-11(17-3)5-7-12/h4-7,10H,8-9H2,1-3H3,(H,14,15)/t10-/m1/s1. The molecule has 0 heterocycles. The third kappa shape index (κ3) is 4.98. The van der Waals surface area contributed by atoms with Crippen LogP contribution in [0.25, 0.3) is 0 Å². The van der Waals surface area contributed by atoms with Crippen molar-refractivity contribution in [3.8, 4) is 5.75 Å². The Hall–Kier alpha value is -1.20. The molecule has 1 aromatic rings. The molecule has 0 unspecified atom stereocenters. The largest absolute Gasteiger partial charge is 0.497 e. The lowest BCUT2D eigenvalue weighted by Crippen LogP contribution is -2.33. The second-order valence-electron chi connectivity index (χ2n) is 3.72. The van der Waals surface area contributed by atoms with Gasteiger partial charge in [0.15, 0.2) is 0 Å². The molecule has 0 saturated carbocycles. The Labute approximate surface area is 112 Å². The Morgan fingerprint density at radius 2 is 2.00 bits per heavy atom. The SMILES string of the molecule is COCCNC(=O)[C@@H](C)Sc1ccc(OC)cc1. The second-order valence-corrected chi connectivity index (χ2v) is 5.13. The number of hydrogen-bond acceptors (Lipinski definition) is 4. The van der Waals surface area contributed by atoms with E-state index >= 15 is 0 Å². The predicted molar refractivity (Wildman–Crippen MR) is 73.2 cm³/mol. The molecule has 1 amide bonds. The minimum Gasteiger partial charge on any atom is -0.497 e. The maximum atomic E-state index is 11.7. The molecule has 4 nitrogen and oxygen atoms in total. The van der Waals surface area contributed by atoms with Gasteiger partial charge in [-0.1, -0.05) is 0 Å². The van der Waals surface area contributed by atoms with Crippen molar-refractivity contribution >= 4 is 17.7 Å². The minimum absolute atomic E-state index is 0.0212. The van der Waals surface area contributed by atoms with Crippen LogP contribution in [0.3, 0.4) is 0 Å². The Morgan fingerprint density at radius 1 is 1.33 bits per heavy atom. The number of rotatable bonds is 7. The highest BCUT2D eigenvalue weighted by atomic mass is 32.2. The maximum Gasteiger partial charge on any atom is 0.233 e. The molecule has 5 heteroatoms. The van der Waals surface area contributed by atoms with Crippen LogP contribution in [0.1, 0.15) is 6.92 Å². The molecule has 0 bridgehead atoms. The van der Waals surface area contributed by atoms with E-state index in [9.17, 15) is 4.79 Å². The molecular weight excluding hydrogens is 250 g/mol. The van der Waals surface area contributed by atoms with Crippen LogP contribution in [0, 0.1) is 0 Å². The first-order chi connectivity index (χ1) is 8.67. The van der Waals surface area contributed by atoms with Crippen LogP contribution in [-0.2, 0) is 9.53 Å². The average molecular weight is 269 g/mol. The van der Waals surface area contributed by atoms with E-state index in [0.717, 1.165) is 10.6 Å². The van der Waals surface area contributed by atoms with Gasteiger partial charge in [-0.2, -0.15) is 0 Å². The molecule has 0 saturated heterocycles. The lowest BCUT2D eigenvalue weighted by atomic mass is 10.3. The van der Waals surface area contributed by atoms with Gasteiger partial charge in [0.1, 0.15) is 5.75 Å². The number of thioether (sulfide) groups is 1. The fourth-order valence-electron chi connectivity index (χ4n) is 1.33. The number of hydrogen-bond donors (Lipinski definition) is 1. The summed E-state index contributed by atoms with van der Waals surface area (Å²) in [6.07, 6.45) is 0. The topological polar surface area (TPSA) is 47.6 Å². The number of nitrogens with one attached hydrogen (secondary N) is 1. The lowest BCUT2D eigenvalue weighted by molar-refractivity contribution is -0.120. The van der Waals surface area contributed by atoms with Crippen molar-refractivity contribution in [1.29, 1.82) is 0 Å². The van der Waals surface area contributed by atoms with Gasteiger partial charge < -0.3 is 14.8 Å². The third-order valence-electron chi connectivity index (χ3n) is 2.35. The van der Waals surface area contributed by atoms with Gasteiger partial charge in [0.2, 0.25) is 5.91 Å².